The summed E-state index contributed by atoms with van der Waals surface area (Å²) < 4.78 is 31.9. The third-order valence-corrected chi connectivity index (χ3v) is 6.55. The largest absolute Gasteiger partial charge is 0.364 e. The van der Waals surface area contributed by atoms with Crippen LogP contribution in [0, 0.1) is 0 Å². The number of primary amides is 1. The van der Waals surface area contributed by atoms with E-state index in [1.165, 1.54) is 28.6 Å². The number of aromatic nitrogens is 4. The van der Waals surface area contributed by atoms with Gasteiger partial charge in [0.2, 0.25) is 0 Å². The molecule has 0 saturated heterocycles. The Morgan fingerprint density at radius 2 is 2.00 bits per heavy atom. The van der Waals surface area contributed by atoms with Crippen LogP contribution in [0.15, 0.2) is 56.2 Å². The molecule has 2 heterocycles. The molecule has 3 N–H and O–H groups in total. The predicted molar refractivity (Wildman–Crippen MR) is 104 cm³/mol. The number of hydrogen-bond acceptors (Lipinski definition) is 6. The zero-order valence-electron chi connectivity index (χ0n) is 14.2. The van der Waals surface area contributed by atoms with E-state index >= 15 is 0 Å². The Labute approximate surface area is 168 Å². The molecule has 0 unspecified atom stereocenters. The molecule has 0 fully saturated rings. The fourth-order valence-corrected chi connectivity index (χ4v) is 4.66. The topological polar surface area (TPSA) is 125 Å². The fourth-order valence-electron chi connectivity index (χ4n) is 2.26. The number of amides is 1. The predicted octanol–water partition coefficient (Wildman–Crippen LogP) is 1.97. The van der Waals surface area contributed by atoms with E-state index in [1.54, 1.807) is 43.2 Å². The number of hydrogen-bond donors (Lipinski definition) is 2. The average Bonchev–Trinajstić information content (AvgIpc) is 3.16. The van der Waals surface area contributed by atoms with Crippen LogP contribution in [-0.2, 0) is 24.1 Å². The molecule has 0 atom stereocenters. The molecular weight excluding hydrogens is 456 g/mol. The van der Waals surface area contributed by atoms with E-state index in [2.05, 4.69) is 30.8 Å². The van der Waals surface area contributed by atoms with Gasteiger partial charge in [0.25, 0.3) is 15.9 Å². The van der Waals surface area contributed by atoms with Crippen molar-refractivity contribution >= 4 is 49.3 Å². The average molecular weight is 471 g/mol. The molecule has 142 valence electrons. The lowest BCUT2D eigenvalue weighted by Gasteiger charge is -2.12. The molecule has 3 aromatic rings. The lowest BCUT2D eigenvalue weighted by molar-refractivity contribution is 0.0992. The van der Waals surface area contributed by atoms with Crippen LogP contribution in [0.25, 0.3) is 0 Å². The maximum Gasteiger partial charge on any atom is 0.265 e. The summed E-state index contributed by atoms with van der Waals surface area (Å²) in [7, 11) is -0.591. The highest BCUT2D eigenvalue weighted by Gasteiger charge is 2.21. The number of nitrogens with one attached hydrogen (secondary N) is 1. The number of benzene rings is 1. The standard InChI is InChI=1S/C15H15BrN6O3S2/c1-21-7-10(6-12(21)14(17)23)27(24,25)20-11-5-9(16)3-4-13(11)26-15-19-18-8-22(15)2/h3-8,20H,1-2H3,(H2,17,23). The lowest BCUT2D eigenvalue weighted by atomic mass is 10.3. The van der Waals surface area contributed by atoms with Crippen molar-refractivity contribution in [1.82, 2.24) is 19.3 Å². The van der Waals surface area contributed by atoms with Gasteiger partial charge in [-0.2, -0.15) is 0 Å². The smallest absolute Gasteiger partial charge is 0.265 e. The molecule has 0 aliphatic carbocycles. The summed E-state index contributed by atoms with van der Waals surface area (Å²) in [6, 6.07) is 6.44. The highest BCUT2D eigenvalue weighted by Crippen LogP contribution is 2.35. The summed E-state index contributed by atoms with van der Waals surface area (Å²) in [6.45, 7) is 0. The highest BCUT2D eigenvalue weighted by molar-refractivity contribution is 9.10. The molecule has 0 saturated carbocycles. The molecule has 0 aliphatic heterocycles. The number of anilines is 1. The van der Waals surface area contributed by atoms with E-state index in [4.69, 9.17) is 5.73 Å². The second-order valence-electron chi connectivity index (χ2n) is 5.61. The van der Waals surface area contributed by atoms with Crippen molar-refractivity contribution in [2.75, 3.05) is 4.72 Å². The Balaban J connectivity index is 1.96. The molecule has 2 aromatic heterocycles. The maximum atomic E-state index is 12.8. The summed E-state index contributed by atoms with van der Waals surface area (Å²) in [4.78, 5) is 12.0. The minimum atomic E-state index is -3.93. The van der Waals surface area contributed by atoms with Gasteiger partial charge >= 0.3 is 0 Å². The van der Waals surface area contributed by atoms with Crippen LogP contribution in [-0.4, -0.2) is 33.7 Å². The Hall–Kier alpha value is -2.31. The van der Waals surface area contributed by atoms with Crippen LogP contribution in [0.1, 0.15) is 10.5 Å². The fraction of sp³-hybridized carbons (Fsp3) is 0.133. The Bertz CT molecular complexity index is 1120. The van der Waals surface area contributed by atoms with Crippen LogP contribution >= 0.6 is 27.7 Å². The summed E-state index contributed by atoms with van der Waals surface area (Å²) in [5.74, 6) is -0.708. The van der Waals surface area contributed by atoms with Gasteiger partial charge in [-0.15, -0.1) is 10.2 Å². The van der Waals surface area contributed by atoms with E-state index in [1.807, 2.05) is 0 Å². The van der Waals surface area contributed by atoms with Crippen LogP contribution in [0.4, 0.5) is 5.69 Å². The molecule has 12 heteroatoms. The first kappa shape index (κ1) is 19.5. The van der Waals surface area contributed by atoms with Gasteiger partial charge in [-0.25, -0.2) is 8.42 Å². The maximum absolute atomic E-state index is 12.8. The van der Waals surface area contributed by atoms with Crippen molar-refractivity contribution < 1.29 is 13.2 Å². The van der Waals surface area contributed by atoms with Crippen LogP contribution in [0.3, 0.4) is 0 Å². The van der Waals surface area contributed by atoms with Gasteiger partial charge in [0.05, 0.1) is 5.69 Å². The second-order valence-corrected chi connectivity index (χ2v) is 9.22. The molecule has 0 radical (unpaired) electrons. The van der Waals surface area contributed by atoms with Crippen molar-refractivity contribution in [3.8, 4) is 0 Å². The third-order valence-electron chi connectivity index (χ3n) is 3.60. The summed E-state index contributed by atoms with van der Waals surface area (Å²) in [6.07, 6.45) is 2.89. The zero-order valence-corrected chi connectivity index (χ0v) is 17.5. The monoisotopic (exact) mass is 470 g/mol. The normalized spacial score (nSPS) is 11.5. The van der Waals surface area contributed by atoms with Crippen molar-refractivity contribution in [1.29, 1.82) is 0 Å². The summed E-state index contributed by atoms with van der Waals surface area (Å²) in [5.41, 5.74) is 5.72. The van der Waals surface area contributed by atoms with E-state index in [-0.39, 0.29) is 10.6 Å². The first-order chi connectivity index (χ1) is 12.7. The van der Waals surface area contributed by atoms with Crippen molar-refractivity contribution in [2.24, 2.45) is 19.8 Å². The van der Waals surface area contributed by atoms with Gasteiger partial charge < -0.3 is 14.9 Å². The summed E-state index contributed by atoms with van der Waals surface area (Å²) in [5, 5.41) is 8.41. The number of nitrogens with two attached hydrogens (primary N) is 1. The minimum absolute atomic E-state index is 0.0617. The zero-order chi connectivity index (χ0) is 19.8. The van der Waals surface area contributed by atoms with Crippen molar-refractivity contribution in [2.45, 2.75) is 14.9 Å². The summed E-state index contributed by atoms with van der Waals surface area (Å²) >= 11 is 4.61. The molecule has 0 spiro atoms. The third kappa shape index (κ3) is 4.17. The van der Waals surface area contributed by atoms with Crippen LogP contribution < -0.4 is 10.5 Å². The van der Waals surface area contributed by atoms with Gasteiger partial charge in [-0.1, -0.05) is 15.9 Å². The number of rotatable bonds is 6. The van der Waals surface area contributed by atoms with Gasteiger partial charge in [-0.05, 0) is 36.0 Å². The lowest BCUT2D eigenvalue weighted by Crippen LogP contribution is -2.14. The van der Waals surface area contributed by atoms with Gasteiger partial charge in [0.15, 0.2) is 5.16 Å². The molecular formula is C15H15BrN6O3S2. The number of halogens is 1. The van der Waals surface area contributed by atoms with E-state index in [0.29, 0.717) is 20.2 Å². The molecule has 27 heavy (non-hydrogen) atoms. The van der Waals surface area contributed by atoms with E-state index in [9.17, 15) is 13.2 Å². The van der Waals surface area contributed by atoms with E-state index in [0.717, 1.165) is 0 Å². The van der Waals surface area contributed by atoms with E-state index < -0.39 is 15.9 Å². The number of nitrogens with zero attached hydrogens (tertiary/aromatic N) is 4. The number of carbonyl (C=O) groups is 1. The molecule has 0 aliphatic rings. The van der Waals surface area contributed by atoms with Crippen molar-refractivity contribution in [3.05, 3.63) is 47.0 Å². The molecule has 1 amide bonds. The van der Waals surface area contributed by atoms with Crippen molar-refractivity contribution in [3.63, 3.8) is 0 Å². The first-order valence-electron chi connectivity index (χ1n) is 7.48. The van der Waals surface area contributed by atoms with Gasteiger partial charge in [0, 0.05) is 29.7 Å². The molecule has 1 aromatic carbocycles. The number of aryl methyl sites for hydroxylation is 2. The molecule has 9 nitrogen and oxygen atoms in total. The molecule has 3 rings (SSSR count). The Morgan fingerprint density at radius 1 is 1.26 bits per heavy atom. The van der Waals surface area contributed by atoms with Crippen LogP contribution in [0.5, 0.6) is 0 Å². The molecule has 0 bridgehead atoms. The number of sulfonamides is 1. The highest BCUT2D eigenvalue weighted by atomic mass is 79.9. The van der Waals surface area contributed by atoms with Crippen LogP contribution in [0.2, 0.25) is 0 Å². The van der Waals surface area contributed by atoms with Gasteiger partial charge in [-0.3, -0.25) is 9.52 Å². The SMILES string of the molecule is Cn1cc(S(=O)(=O)Nc2cc(Br)ccc2Sc2nncn2C)cc1C(N)=O. The Kier molecular flexibility index (Phi) is 5.31. The minimum Gasteiger partial charge on any atom is -0.364 e. The first-order valence-corrected chi connectivity index (χ1v) is 10.6. The quantitative estimate of drug-likeness (QED) is 0.567. The Morgan fingerprint density at radius 3 is 2.59 bits per heavy atom. The van der Waals surface area contributed by atoms with Gasteiger partial charge in [0.1, 0.15) is 16.9 Å². The second kappa shape index (κ2) is 7.37. The number of carbonyl (C=O) groups excluding carboxylic acids is 1.